The highest BCUT2D eigenvalue weighted by atomic mass is 15.3. The molecule has 2 aliphatic heterocycles. The van der Waals surface area contributed by atoms with E-state index < -0.39 is 0 Å². The number of nitrogens with one attached hydrogen (secondary N) is 1. The predicted molar refractivity (Wildman–Crippen MR) is 82.6 cm³/mol. The van der Waals surface area contributed by atoms with E-state index in [0.717, 1.165) is 6.04 Å². The Labute approximate surface area is 119 Å². The van der Waals surface area contributed by atoms with Gasteiger partial charge in [0.25, 0.3) is 0 Å². The van der Waals surface area contributed by atoms with Crippen LogP contribution >= 0.6 is 0 Å². The molecule has 0 aromatic carbocycles. The fraction of sp³-hybridized carbons (Fsp3) is 1.00. The maximum atomic E-state index is 3.59. The van der Waals surface area contributed by atoms with Crippen LogP contribution in [0.5, 0.6) is 0 Å². The van der Waals surface area contributed by atoms with Crippen molar-refractivity contribution in [3.8, 4) is 0 Å². The zero-order chi connectivity index (χ0) is 13.7. The molecule has 2 unspecified atom stereocenters. The highest BCUT2D eigenvalue weighted by molar-refractivity contribution is 4.91. The largest absolute Gasteiger partial charge is 0.316 e. The van der Waals surface area contributed by atoms with Gasteiger partial charge in [-0.1, -0.05) is 20.3 Å². The molecule has 0 aromatic heterocycles. The first-order valence-electron chi connectivity index (χ1n) is 8.36. The van der Waals surface area contributed by atoms with E-state index in [0.29, 0.717) is 5.41 Å². The van der Waals surface area contributed by atoms with Gasteiger partial charge >= 0.3 is 0 Å². The van der Waals surface area contributed by atoms with Gasteiger partial charge in [0.2, 0.25) is 0 Å². The summed E-state index contributed by atoms with van der Waals surface area (Å²) in [4.78, 5) is 5.39. The van der Waals surface area contributed by atoms with E-state index >= 15 is 0 Å². The summed E-state index contributed by atoms with van der Waals surface area (Å²) < 4.78 is 0. The molecular weight excluding hydrogens is 234 g/mol. The first kappa shape index (κ1) is 15.3. The van der Waals surface area contributed by atoms with Gasteiger partial charge < -0.3 is 10.2 Å². The van der Waals surface area contributed by atoms with Crippen LogP contribution in [0.15, 0.2) is 0 Å². The van der Waals surface area contributed by atoms with E-state index in [2.05, 4.69) is 35.9 Å². The quantitative estimate of drug-likeness (QED) is 0.796. The first-order chi connectivity index (χ1) is 9.19. The molecule has 112 valence electrons. The molecule has 3 heteroatoms. The average Bonchev–Trinajstić information content (AvgIpc) is 2.87. The summed E-state index contributed by atoms with van der Waals surface area (Å²) in [6, 6.07) is 0.764. The molecule has 0 amide bonds. The molecule has 19 heavy (non-hydrogen) atoms. The number of piperazine rings is 1. The minimum absolute atomic E-state index is 0.577. The fourth-order valence-electron chi connectivity index (χ4n) is 3.85. The fourth-order valence-corrected chi connectivity index (χ4v) is 3.85. The topological polar surface area (TPSA) is 18.5 Å². The lowest BCUT2D eigenvalue weighted by molar-refractivity contribution is 0.0676. The van der Waals surface area contributed by atoms with Gasteiger partial charge in [0.15, 0.2) is 0 Å². The smallest absolute Gasteiger partial charge is 0.0113 e. The molecule has 0 aliphatic carbocycles. The molecule has 2 saturated heterocycles. The van der Waals surface area contributed by atoms with Gasteiger partial charge in [-0.25, -0.2) is 0 Å². The Morgan fingerprint density at radius 3 is 2.42 bits per heavy atom. The van der Waals surface area contributed by atoms with E-state index in [9.17, 15) is 0 Å². The molecule has 2 fully saturated rings. The molecule has 0 bridgehead atoms. The Morgan fingerprint density at radius 1 is 1.16 bits per heavy atom. The van der Waals surface area contributed by atoms with Gasteiger partial charge in [-0.3, -0.25) is 4.90 Å². The van der Waals surface area contributed by atoms with Gasteiger partial charge in [0.05, 0.1) is 0 Å². The van der Waals surface area contributed by atoms with Crippen LogP contribution in [0.25, 0.3) is 0 Å². The van der Waals surface area contributed by atoms with Gasteiger partial charge in [-0.05, 0) is 38.1 Å². The highest BCUT2D eigenvalue weighted by Gasteiger charge is 2.35. The molecule has 2 rings (SSSR count). The molecule has 3 nitrogen and oxygen atoms in total. The van der Waals surface area contributed by atoms with Gasteiger partial charge in [-0.15, -0.1) is 0 Å². The lowest BCUT2D eigenvalue weighted by Crippen LogP contribution is -2.52. The van der Waals surface area contributed by atoms with Crippen LogP contribution in [0.1, 0.15) is 46.5 Å². The van der Waals surface area contributed by atoms with Crippen molar-refractivity contribution in [3.63, 3.8) is 0 Å². The average molecular weight is 267 g/mol. The predicted octanol–water partition coefficient (Wildman–Crippen LogP) is 2.18. The van der Waals surface area contributed by atoms with E-state index in [1.807, 2.05) is 0 Å². The molecule has 2 heterocycles. The van der Waals surface area contributed by atoms with Crippen LogP contribution in [-0.2, 0) is 0 Å². The van der Waals surface area contributed by atoms with Crippen LogP contribution in [0.2, 0.25) is 0 Å². The summed E-state index contributed by atoms with van der Waals surface area (Å²) in [5.41, 5.74) is 0.577. The van der Waals surface area contributed by atoms with Crippen molar-refractivity contribution in [2.45, 2.75) is 52.5 Å². The highest BCUT2D eigenvalue weighted by Crippen LogP contribution is 2.32. The van der Waals surface area contributed by atoms with Crippen LogP contribution < -0.4 is 5.32 Å². The Kier molecular flexibility index (Phi) is 5.67. The zero-order valence-electron chi connectivity index (χ0n) is 13.2. The summed E-state index contributed by atoms with van der Waals surface area (Å²) in [7, 11) is 0. The zero-order valence-corrected chi connectivity index (χ0v) is 13.2. The van der Waals surface area contributed by atoms with Crippen molar-refractivity contribution >= 4 is 0 Å². The SMILES string of the molecule is CCCC1(CN2CCN(C(C)CC)CC2)CCNC1. The molecular formula is C16H33N3. The summed E-state index contributed by atoms with van der Waals surface area (Å²) in [6.45, 7) is 15.9. The lowest BCUT2D eigenvalue weighted by atomic mass is 9.82. The maximum absolute atomic E-state index is 3.59. The standard InChI is InChI=1S/C16H33N3/c1-4-6-16(7-8-17-13-16)14-18-9-11-19(12-10-18)15(3)5-2/h15,17H,4-14H2,1-3H3. The normalized spacial score (nSPS) is 31.7. The molecule has 2 atom stereocenters. The molecule has 0 radical (unpaired) electrons. The lowest BCUT2D eigenvalue weighted by Gasteiger charge is -2.41. The maximum Gasteiger partial charge on any atom is 0.0113 e. The van der Waals surface area contributed by atoms with Crippen LogP contribution in [-0.4, -0.2) is 61.7 Å². The Hall–Kier alpha value is -0.120. The van der Waals surface area contributed by atoms with E-state index in [1.165, 1.54) is 71.5 Å². The molecule has 1 N–H and O–H groups in total. The van der Waals surface area contributed by atoms with Crippen molar-refractivity contribution < 1.29 is 0 Å². The van der Waals surface area contributed by atoms with E-state index in [1.54, 1.807) is 0 Å². The summed E-state index contributed by atoms with van der Waals surface area (Å²) in [5.74, 6) is 0. The van der Waals surface area contributed by atoms with E-state index in [4.69, 9.17) is 0 Å². The van der Waals surface area contributed by atoms with Crippen molar-refractivity contribution in [2.24, 2.45) is 5.41 Å². The molecule has 0 spiro atoms. The van der Waals surface area contributed by atoms with Crippen LogP contribution in [0.4, 0.5) is 0 Å². The van der Waals surface area contributed by atoms with Crippen molar-refractivity contribution in [2.75, 3.05) is 45.8 Å². The van der Waals surface area contributed by atoms with Crippen molar-refractivity contribution in [1.82, 2.24) is 15.1 Å². The van der Waals surface area contributed by atoms with E-state index in [-0.39, 0.29) is 0 Å². The van der Waals surface area contributed by atoms with Crippen LogP contribution in [0, 0.1) is 5.41 Å². The van der Waals surface area contributed by atoms with Gasteiger partial charge in [0, 0.05) is 45.3 Å². The Morgan fingerprint density at radius 2 is 1.89 bits per heavy atom. The van der Waals surface area contributed by atoms with Crippen LogP contribution in [0.3, 0.4) is 0 Å². The monoisotopic (exact) mass is 267 g/mol. The van der Waals surface area contributed by atoms with Crippen molar-refractivity contribution in [1.29, 1.82) is 0 Å². The first-order valence-corrected chi connectivity index (χ1v) is 8.36. The van der Waals surface area contributed by atoms with Gasteiger partial charge in [0.1, 0.15) is 0 Å². The second-order valence-electron chi connectivity index (χ2n) is 6.75. The second kappa shape index (κ2) is 7.05. The minimum atomic E-state index is 0.577. The number of hydrogen-bond donors (Lipinski definition) is 1. The van der Waals surface area contributed by atoms with Crippen molar-refractivity contribution in [3.05, 3.63) is 0 Å². The Bertz CT molecular complexity index is 253. The number of rotatable bonds is 6. The number of hydrogen-bond acceptors (Lipinski definition) is 3. The van der Waals surface area contributed by atoms with Gasteiger partial charge in [-0.2, -0.15) is 0 Å². The third-order valence-corrected chi connectivity index (χ3v) is 5.29. The Balaban J connectivity index is 1.81. The molecule has 0 aromatic rings. The molecule has 0 saturated carbocycles. The molecule has 2 aliphatic rings. The summed E-state index contributed by atoms with van der Waals surface area (Å²) in [6.07, 6.45) is 5.39. The third-order valence-electron chi connectivity index (χ3n) is 5.29. The minimum Gasteiger partial charge on any atom is -0.316 e. The summed E-state index contributed by atoms with van der Waals surface area (Å²) >= 11 is 0. The summed E-state index contributed by atoms with van der Waals surface area (Å²) in [5, 5.41) is 3.59. The third kappa shape index (κ3) is 3.93. The number of nitrogens with zero attached hydrogens (tertiary/aromatic N) is 2. The second-order valence-corrected chi connectivity index (χ2v) is 6.75.